The van der Waals surface area contributed by atoms with Crippen LogP contribution in [0.5, 0.6) is 0 Å². The molecule has 0 aliphatic heterocycles. The maximum absolute atomic E-state index is 12.8. The van der Waals surface area contributed by atoms with E-state index in [1.54, 1.807) is 43.3 Å². The number of anilines is 2. The summed E-state index contributed by atoms with van der Waals surface area (Å²) in [6.07, 6.45) is 0. The Bertz CT molecular complexity index is 1060. The predicted molar refractivity (Wildman–Crippen MR) is 97.8 cm³/mol. The molecule has 3 rings (SSSR count). The molecule has 0 atom stereocenters. The van der Waals surface area contributed by atoms with Gasteiger partial charge in [-0.2, -0.15) is 0 Å². The van der Waals surface area contributed by atoms with Crippen LogP contribution in [0.4, 0.5) is 11.4 Å². The zero-order valence-electron chi connectivity index (χ0n) is 12.7. The molecule has 0 bridgehead atoms. The van der Waals surface area contributed by atoms with Gasteiger partial charge in [0.1, 0.15) is 5.56 Å². The molecule has 6 nitrogen and oxygen atoms in total. The minimum absolute atomic E-state index is 0.0423. The Morgan fingerprint density at radius 1 is 1.17 bits per heavy atom. The molecule has 7 heteroatoms. The molecular formula is C17H14BrN3O3. The summed E-state index contributed by atoms with van der Waals surface area (Å²) in [6.45, 7) is 1.80. The van der Waals surface area contributed by atoms with Crippen LogP contribution in [0.25, 0.3) is 16.6 Å². The van der Waals surface area contributed by atoms with Crippen LogP contribution >= 0.6 is 15.9 Å². The van der Waals surface area contributed by atoms with Crippen molar-refractivity contribution >= 4 is 44.2 Å². The van der Waals surface area contributed by atoms with Crippen LogP contribution in [0.2, 0.25) is 0 Å². The average Bonchev–Trinajstić information content (AvgIpc) is 2.48. The fraction of sp³-hybridized carbons (Fsp3) is 0.0588. The third-order valence-electron chi connectivity index (χ3n) is 3.85. The number of nitrogen functional groups attached to an aromatic ring is 2. The first-order chi connectivity index (χ1) is 11.3. The Hall–Kier alpha value is -2.80. The van der Waals surface area contributed by atoms with E-state index in [0.29, 0.717) is 22.3 Å². The maximum atomic E-state index is 12.8. The lowest BCUT2D eigenvalue weighted by Crippen LogP contribution is -2.28. The number of nitrogens with zero attached hydrogens (tertiary/aromatic N) is 1. The second-order valence-corrected chi connectivity index (χ2v) is 6.36. The van der Waals surface area contributed by atoms with E-state index in [9.17, 15) is 14.7 Å². The highest BCUT2D eigenvalue weighted by molar-refractivity contribution is 9.10. The molecule has 0 aliphatic rings. The van der Waals surface area contributed by atoms with Gasteiger partial charge < -0.3 is 16.6 Å². The lowest BCUT2D eigenvalue weighted by molar-refractivity contribution is 0.0696. The van der Waals surface area contributed by atoms with Gasteiger partial charge in [-0.15, -0.1) is 0 Å². The molecule has 0 spiro atoms. The summed E-state index contributed by atoms with van der Waals surface area (Å²) in [7, 11) is 0. The van der Waals surface area contributed by atoms with Gasteiger partial charge in [0.05, 0.1) is 16.9 Å². The van der Waals surface area contributed by atoms with Crippen molar-refractivity contribution in [2.24, 2.45) is 0 Å². The number of benzene rings is 2. The Kier molecular flexibility index (Phi) is 3.81. The molecule has 122 valence electrons. The second kappa shape index (κ2) is 5.68. The van der Waals surface area contributed by atoms with Crippen molar-refractivity contribution in [3.63, 3.8) is 0 Å². The van der Waals surface area contributed by atoms with Gasteiger partial charge in [-0.25, -0.2) is 4.79 Å². The number of pyridine rings is 1. The van der Waals surface area contributed by atoms with Gasteiger partial charge in [-0.1, -0.05) is 15.9 Å². The number of carboxylic acids is 1. The Morgan fingerprint density at radius 2 is 1.88 bits per heavy atom. The molecule has 0 unspecified atom stereocenters. The first kappa shape index (κ1) is 16.1. The van der Waals surface area contributed by atoms with E-state index in [4.69, 9.17) is 11.5 Å². The van der Waals surface area contributed by atoms with Gasteiger partial charge >= 0.3 is 5.97 Å². The van der Waals surface area contributed by atoms with Gasteiger partial charge in [0.25, 0.3) is 5.56 Å². The fourth-order valence-electron chi connectivity index (χ4n) is 2.76. The molecule has 0 radical (unpaired) electrons. The standard InChI is InChI=1S/C17H14BrN3O3/c1-8-6-10(19)3-5-12(8)21-13-7-9(18)2-4-11(13)15(20)14(16(21)22)17(23)24/h2-7H,19-20H2,1H3,(H,23,24). The smallest absolute Gasteiger partial charge is 0.343 e. The average molecular weight is 388 g/mol. The number of fused-ring (bicyclic) bond motifs is 1. The summed E-state index contributed by atoms with van der Waals surface area (Å²) in [5, 5.41) is 9.91. The monoisotopic (exact) mass is 387 g/mol. The molecular weight excluding hydrogens is 374 g/mol. The summed E-state index contributed by atoms with van der Waals surface area (Å²) in [4.78, 5) is 24.4. The van der Waals surface area contributed by atoms with Gasteiger partial charge in [-0.3, -0.25) is 9.36 Å². The number of nitrogens with two attached hydrogens (primary N) is 2. The maximum Gasteiger partial charge on any atom is 0.343 e. The summed E-state index contributed by atoms with van der Waals surface area (Å²) < 4.78 is 2.10. The number of rotatable bonds is 2. The summed E-state index contributed by atoms with van der Waals surface area (Å²) in [5.74, 6) is -1.36. The third kappa shape index (κ3) is 2.43. The second-order valence-electron chi connectivity index (χ2n) is 5.44. The highest BCUT2D eigenvalue weighted by Gasteiger charge is 2.21. The fourth-order valence-corrected chi connectivity index (χ4v) is 3.11. The first-order valence-electron chi connectivity index (χ1n) is 7.05. The Morgan fingerprint density at radius 3 is 2.50 bits per heavy atom. The number of carbonyl (C=O) groups is 1. The van der Waals surface area contributed by atoms with E-state index in [1.807, 2.05) is 0 Å². The lowest BCUT2D eigenvalue weighted by Gasteiger charge is -2.16. The highest BCUT2D eigenvalue weighted by atomic mass is 79.9. The molecule has 0 saturated carbocycles. The number of aromatic nitrogens is 1. The molecule has 1 aromatic heterocycles. The first-order valence-corrected chi connectivity index (χ1v) is 7.84. The molecule has 0 saturated heterocycles. The van der Waals surface area contributed by atoms with Gasteiger partial charge in [0, 0.05) is 15.5 Å². The molecule has 5 N–H and O–H groups in total. The van der Waals surface area contributed by atoms with Gasteiger partial charge in [-0.05, 0) is 48.9 Å². The molecule has 0 fully saturated rings. The molecule has 1 heterocycles. The van der Waals surface area contributed by atoms with Crippen LogP contribution in [-0.4, -0.2) is 15.6 Å². The zero-order valence-corrected chi connectivity index (χ0v) is 14.3. The summed E-state index contributed by atoms with van der Waals surface area (Å²) in [6, 6.07) is 10.2. The van der Waals surface area contributed by atoms with Crippen molar-refractivity contribution in [3.05, 3.63) is 62.4 Å². The molecule has 3 aromatic rings. The number of aryl methyl sites for hydroxylation is 1. The van der Waals surface area contributed by atoms with Crippen LogP contribution in [0.3, 0.4) is 0 Å². The third-order valence-corrected chi connectivity index (χ3v) is 4.35. The van der Waals surface area contributed by atoms with Crippen molar-refractivity contribution in [3.8, 4) is 5.69 Å². The van der Waals surface area contributed by atoms with Gasteiger partial charge in [0.15, 0.2) is 0 Å². The molecule has 0 aliphatic carbocycles. The van der Waals surface area contributed by atoms with Crippen LogP contribution < -0.4 is 17.0 Å². The minimum Gasteiger partial charge on any atom is -0.477 e. The Balaban J connectivity index is 2.57. The number of carboxylic acid groups (broad SMARTS) is 1. The topological polar surface area (TPSA) is 111 Å². The van der Waals surface area contributed by atoms with Crippen molar-refractivity contribution in [1.82, 2.24) is 4.57 Å². The van der Waals surface area contributed by atoms with Crippen molar-refractivity contribution in [2.45, 2.75) is 6.92 Å². The van der Waals surface area contributed by atoms with E-state index in [-0.39, 0.29) is 5.69 Å². The number of hydrogen-bond donors (Lipinski definition) is 3. The van der Waals surface area contributed by atoms with Crippen molar-refractivity contribution in [1.29, 1.82) is 0 Å². The van der Waals surface area contributed by atoms with E-state index in [0.717, 1.165) is 10.0 Å². The summed E-state index contributed by atoms with van der Waals surface area (Å²) >= 11 is 3.37. The van der Waals surface area contributed by atoms with E-state index in [2.05, 4.69) is 15.9 Å². The normalized spacial score (nSPS) is 10.9. The largest absolute Gasteiger partial charge is 0.477 e. The summed E-state index contributed by atoms with van der Waals surface area (Å²) in [5.41, 5.74) is 12.9. The number of hydrogen-bond acceptors (Lipinski definition) is 4. The van der Waals surface area contributed by atoms with E-state index < -0.39 is 17.1 Å². The molecule has 24 heavy (non-hydrogen) atoms. The zero-order chi connectivity index (χ0) is 17.6. The highest BCUT2D eigenvalue weighted by Crippen LogP contribution is 2.28. The van der Waals surface area contributed by atoms with Crippen molar-refractivity contribution in [2.75, 3.05) is 11.5 Å². The van der Waals surface area contributed by atoms with E-state index >= 15 is 0 Å². The molecule has 2 aromatic carbocycles. The van der Waals surface area contributed by atoms with Crippen LogP contribution in [-0.2, 0) is 0 Å². The minimum atomic E-state index is -1.36. The van der Waals surface area contributed by atoms with E-state index in [1.165, 1.54) is 4.57 Å². The molecule has 0 amide bonds. The quantitative estimate of drug-likeness (QED) is 0.585. The lowest BCUT2D eigenvalue weighted by atomic mass is 10.1. The number of halogens is 1. The predicted octanol–water partition coefficient (Wildman–Crippen LogP) is 2.92. The number of aromatic carboxylic acids is 1. The van der Waals surface area contributed by atoms with Crippen LogP contribution in [0, 0.1) is 6.92 Å². The van der Waals surface area contributed by atoms with Crippen LogP contribution in [0.15, 0.2) is 45.7 Å². The van der Waals surface area contributed by atoms with Crippen molar-refractivity contribution < 1.29 is 9.90 Å². The van der Waals surface area contributed by atoms with Crippen LogP contribution in [0.1, 0.15) is 15.9 Å². The SMILES string of the molecule is Cc1cc(N)ccc1-n1c(=O)c(C(=O)O)c(N)c2ccc(Br)cc21. The van der Waals surface area contributed by atoms with Gasteiger partial charge in [0.2, 0.25) is 0 Å². The Labute approximate surface area is 145 Å².